The number of nitrogens with zero attached hydrogens (tertiary/aromatic N) is 3. The maximum Gasteiger partial charge on any atom is 0.337 e. The lowest BCUT2D eigenvalue weighted by molar-refractivity contribution is 0.0697. The third-order valence-corrected chi connectivity index (χ3v) is 2.76. The van der Waals surface area contributed by atoms with Gasteiger partial charge in [0.05, 0.1) is 11.3 Å². The first-order chi connectivity index (χ1) is 8.77. The molecule has 5 heteroatoms. The van der Waals surface area contributed by atoms with Crippen LogP contribution in [0.2, 0.25) is 0 Å². The monoisotopic (exact) mass is 239 g/mol. The number of imidazole rings is 1. The molecule has 3 rings (SSSR count). The minimum absolute atomic E-state index is 0.179. The molecule has 18 heavy (non-hydrogen) atoms. The zero-order chi connectivity index (χ0) is 12.5. The number of aromatic nitrogens is 3. The van der Waals surface area contributed by atoms with Gasteiger partial charge in [0.2, 0.25) is 0 Å². The summed E-state index contributed by atoms with van der Waals surface area (Å²) in [5, 5.41) is 9.18. The Morgan fingerprint density at radius 2 is 2.11 bits per heavy atom. The fraction of sp³-hybridized carbons (Fsp3) is 0. The molecule has 0 fully saturated rings. The predicted octanol–water partition coefficient (Wildman–Crippen LogP) is 2.09. The molecule has 0 spiro atoms. The number of carbonyl (C=O) groups is 1. The summed E-state index contributed by atoms with van der Waals surface area (Å²) in [6.45, 7) is 0. The van der Waals surface area contributed by atoms with Crippen LogP contribution in [0.4, 0.5) is 0 Å². The number of rotatable bonds is 2. The van der Waals surface area contributed by atoms with E-state index >= 15 is 0 Å². The van der Waals surface area contributed by atoms with Gasteiger partial charge in [-0.15, -0.1) is 0 Å². The van der Waals surface area contributed by atoms with Crippen LogP contribution in [0.15, 0.2) is 49.1 Å². The lowest BCUT2D eigenvalue weighted by Gasteiger charge is -2.08. The van der Waals surface area contributed by atoms with E-state index in [-0.39, 0.29) is 5.56 Å². The molecule has 3 heterocycles. The number of aromatic carboxylic acids is 1. The van der Waals surface area contributed by atoms with E-state index < -0.39 is 5.97 Å². The van der Waals surface area contributed by atoms with E-state index in [9.17, 15) is 9.90 Å². The van der Waals surface area contributed by atoms with Gasteiger partial charge in [0.25, 0.3) is 0 Å². The van der Waals surface area contributed by atoms with Gasteiger partial charge in [-0.3, -0.25) is 9.38 Å². The highest BCUT2D eigenvalue weighted by molar-refractivity contribution is 5.95. The maximum atomic E-state index is 11.2. The number of carboxylic acids is 1. The molecule has 0 bridgehead atoms. The second-order valence-electron chi connectivity index (χ2n) is 3.79. The summed E-state index contributed by atoms with van der Waals surface area (Å²) in [7, 11) is 0. The predicted molar refractivity (Wildman–Crippen MR) is 65.4 cm³/mol. The van der Waals surface area contributed by atoms with Crippen LogP contribution in [-0.2, 0) is 0 Å². The number of hydrogen-bond acceptors (Lipinski definition) is 3. The summed E-state index contributed by atoms with van der Waals surface area (Å²) < 4.78 is 1.85. The number of hydrogen-bond donors (Lipinski definition) is 1. The highest BCUT2D eigenvalue weighted by Gasteiger charge is 2.13. The second-order valence-corrected chi connectivity index (χ2v) is 3.79. The van der Waals surface area contributed by atoms with Crippen LogP contribution in [0, 0.1) is 0 Å². The zero-order valence-electron chi connectivity index (χ0n) is 9.32. The van der Waals surface area contributed by atoms with E-state index in [1.165, 1.54) is 6.20 Å². The van der Waals surface area contributed by atoms with Crippen molar-refractivity contribution in [2.75, 3.05) is 0 Å². The van der Waals surface area contributed by atoms with Gasteiger partial charge in [-0.25, -0.2) is 9.78 Å². The van der Waals surface area contributed by atoms with Gasteiger partial charge < -0.3 is 5.11 Å². The fourth-order valence-corrected chi connectivity index (χ4v) is 1.96. The Hall–Kier alpha value is -2.69. The first-order valence-corrected chi connectivity index (χ1v) is 5.37. The van der Waals surface area contributed by atoms with E-state index in [0.29, 0.717) is 5.56 Å². The van der Waals surface area contributed by atoms with Crippen molar-refractivity contribution in [2.45, 2.75) is 0 Å². The average Bonchev–Trinajstić information content (AvgIpc) is 2.86. The van der Waals surface area contributed by atoms with E-state index in [1.807, 2.05) is 22.6 Å². The molecule has 0 aliphatic heterocycles. The summed E-state index contributed by atoms with van der Waals surface area (Å²) in [4.78, 5) is 19.2. The van der Waals surface area contributed by atoms with Crippen LogP contribution in [0.5, 0.6) is 0 Å². The highest BCUT2D eigenvalue weighted by atomic mass is 16.4. The first kappa shape index (κ1) is 10.5. The third kappa shape index (κ3) is 1.53. The van der Waals surface area contributed by atoms with Crippen molar-refractivity contribution in [2.24, 2.45) is 0 Å². The molecular formula is C13H9N3O2. The lowest BCUT2D eigenvalue weighted by Crippen LogP contribution is -2.02. The average molecular weight is 239 g/mol. The second kappa shape index (κ2) is 3.96. The van der Waals surface area contributed by atoms with Crippen LogP contribution < -0.4 is 0 Å². The topological polar surface area (TPSA) is 67.5 Å². The van der Waals surface area contributed by atoms with E-state index in [1.54, 1.807) is 24.7 Å². The molecule has 0 atom stereocenters. The van der Waals surface area contributed by atoms with Crippen molar-refractivity contribution in [1.29, 1.82) is 0 Å². The molecule has 1 N–H and O–H groups in total. The molecule has 0 aromatic carbocycles. The van der Waals surface area contributed by atoms with Gasteiger partial charge in [-0.2, -0.15) is 0 Å². The van der Waals surface area contributed by atoms with Crippen molar-refractivity contribution in [3.63, 3.8) is 0 Å². The zero-order valence-corrected chi connectivity index (χ0v) is 9.32. The molecular weight excluding hydrogens is 230 g/mol. The molecule has 3 aromatic rings. The van der Waals surface area contributed by atoms with E-state index in [4.69, 9.17) is 0 Å². The normalized spacial score (nSPS) is 10.7. The third-order valence-electron chi connectivity index (χ3n) is 2.76. The molecule has 5 nitrogen and oxygen atoms in total. The molecule has 0 saturated heterocycles. The van der Waals surface area contributed by atoms with Crippen molar-refractivity contribution >= 4 is 11.6 Å². The van der Waals surface area contributed by atoms with Crippen molar-refractivity contribution in [1.82, 2.24) is 14.4 Å². The Bertz CT molecular complexity index is 734. The molecule has 0 unspecified atom stereocenters. The van der Waals surface area contributed by atoms with Gasteiger partial charge in [-0.1, -0.05) is 6.07 Å². The Morgan fingerprint density at radius 3 is 2.94 bits per heavy atom. The molecule has 0 aliphatic rings. The standard InChI is InChI=1S/C13H9N3O2/c17-13(18)10-8-14-5-4-9(10)11-2-1-3-12-15-6-7-16(11)12/h1-8H,(H,17,18). The van der Waals surface area contributed by atoms with Crippen LogP contribution in [0.3, 0.4) is 0 Å². The largest absolute Gasteiger partial charge is 0.478 e. The molecule has 88 valence electrons. The number of pyridine rings is 2. The Balaban J connectivity index is 2.33. The maximum absolute atomic E-state index is 11.2. The van der Waals surface area contributed by atoms with Crippen molar-refractivity contribution in [3.8, 4) is 11.3 Å². The minimum atomic E-state index is -0.991. The molecule has 0 aliphatic carbocycles. The van der Waals surface area contributed by atoms with Crippen molar-refractivity contribution in [3.05, 3.63) is 54.6 Å². The Morgan fingerprint density at radius 1 is 1.22 bits per heavy atom. The summed E-state index contributed by atoms with van der Waals surface area (Å²) in [5.41, 5.74) is 2.37. The van der Waals surface area contributed by atoms with E-state index in [0.717, 1.165) is 11.3 Å². The number of fused-ring (bicyclic) bond motifs is 1. The minimum Gasteiger partial charge on any atom is -0.478 e. The quantitative estimate of drug-likeness (QED) is 0.743. The van der Waals surface area contributed by atoms with Gasteiger partial charge in [0.15, 0.2) is 0 Å². The van der Waals surface area contributed by atoms with E-state index in [2.05, 4.69) is 9.97 Å². The van der Waals surface area contributed by atoms with Crippen LogP contribution >= 0.6 is 0 Å². The number of carboxylic acid groups (broad SMARTS) is 1. The van der Waals surface area contributed by atoms with Crippen LogP contribution in [0.25, 0.3) is 16.9 Å². The lowest BCUT2D eigenvalue weighted by atomic mass is 10.1. The molecule has 3 aromatic heterocycles. The van der Waals surface area contributed by atoms with Gasteiger partial charge in [0.1, 0.15) is 5.65 Å². The molecule has 0 radical (unpaired) electrons. The smallest absolute Gasteiger partial charge is 0.337 e. The van der Waals surface area contributed by atoms with Gasteiger partial charge in [0, 0.05) is 30.4 Å². The molecule has 0 saturated carbocycles. The van der Waals surface area contributed by atoms with Gasteiger partial charge in [-0.05, 0) is 18.2 Å². The SMILES string of the molecule is O=C(O)c1cnccc1-c1cccc2nccn12. The molecule has 0 amide bonds. The van der Waals surface area contributed by atoms with Crippen LogP contribution in [-0.4, -0.2) is 25.4 Å². The summed E-state index contributed by atoms with van der Waals surface area (Å²) in [6, 6.07) is 7.27. The summed E-state index contributed by atoms with van der Waals surface area (Å²) >= 11 is 0. The highest BCUT2D eigenvalue weighted by Crippen LogP contribution is 2.23. The summed E-state index contributed by atoms with van der Waals surface area (Å²) in [6.07, 6.45) is 6.42. The Kier molecular flexibility index (Phi) is 2.30. The Labute approximate surface area is 102 Å². The summed E-state index contributed by atoms with van der Waals surface area (Å²) in [5.74, 6) is -0.991. The van der Waals surface area contributed by atoms with Gasteiger partial charge >= 0.3 is 5.97 Å². The van der Waals surface area contributed by atoms with Crippen molar-refractivity contribution < 1.29 is 9.90 Å². The van der Waals surface area contributed by atoms with Crippen LogP contribution in [0.1, 0.15) is 10.4 Å². The first-order valence-electron chi connectivity index (χ1n) is 5.37. The fourth-order valence-electron chi connectivity index (χ4n) is 1.96.